The number of furan rings is 1. The molecule has 8 heteroatoms. The topological polar surface area (TPSA) is 94.4 Å². The normalized spacial score (nSPS) is 20.0. The lowest BCUT2D eigenvalue weighted by atomic mass is 9.97. The van der Waals surface area contributed by atoms with Gasteiger partial charge >= 0.3 is 0 Å². The summed E-state index contributed by atoms with van der Waals surface area (Å²) < 4.78 is 5.33. The molecule has 31 heavy (non-hydrogen) atoms. The predicted octanol–water partition coefficient (Wildman–Crippen LogP) is 2.83. The zero-order chi connectivity index (χ0) is 21.5. The lowest BCUT2D eigenvalue weighted by molar-refractivity contribution is 0.134. The van der Waals surface area contributed by atoms with E-state index in [1.807, 2.05) is 19.2 Å². The van der Waals surface area contributed by atoms with Crippen LogP contribution >= 0.6 is 0 Å². The van der Waals surface area contributed by atoms with Gasteiger partial charge < -0.3 is 15.1 Å². The summed E-state index contributed by atoms with van der Waals surface area (Å²) in [4.78, 5) is 11.4. The van der Waals surface area contributed by atoms with E-state index in [4.69, 9.17) is 4.42 Å². The van der Waals surface area contributed by atoms with E-state index in [0.29, 0.717) is 23.7 Å². The molecule has 2 atom stereocenters. The van der Waals surface area contributed by atoms with Crippen molar-refractivity contribution >= 4 is 5.96 Å². The third kappa shape index (κ3) is 5.73. The van der Waals surface area contributed by atoms with E-state index >= 15 is 0 Å². The van der Waals surface area contributed by atoms with E-state index in [1.54, 1.807) is 6.26 Å². The van der Waals surface area contributed by atoms with Crippen LogP contribution in [0.3, 0.4) is 0 Å². The van der Waals surface area contributed by atoms with E-state index in [2.05, 4.69) is 73.0 Å². The zero-order valence-corrected chi connectivity index (χ0v) is 18.2. The zero-order valence-electron chi connectivity index (χ0n) is 18.2. The molecule has 3 heterocycles. The van der Waals surface area contributed by atoms with Crippen molar-refractivity contribution in [2.75, 3.05) is 20.1 Å². The molecule has 0 radical (unpaired) electrons. The largest absolute Gasteiger partial charge is 0.461 e. The SMILES string of the molecule is CN=C(NCCc1nc(-c2ccco2)n[nH]1)NC1CCN(Cc2ccccc2)C(C)C1. The first kappa shape index (κ1) is 21.1. The van der Waals surface area contributed by atoms with Gasteiger partial charge in [0.25, 0.3) is 0 Å². The average Bonchev–Trinajstić information content (AvgIpc) is 3.48. The van der Waals surface area contributed by atoms with Crippen LogP contribution in [0.1, 0.15) is 31.2 Å². The molecule has 164 valence electrons. The second-order valence-corrected chi connectivity index (χ2v) is 8.00. The van der Waals surface area contributed by atoms with Gasteiger partial charge in [0.2, 0.25) is 5.82 Å². The average molecular weight is 422 g/mol. The number of hydrogen-bond donors (Lipinski definition) is 3. The fraction of sp³-hybridized carbons (Fsp3) is 0.435. The Hall–Kier alpha value is -3.13. The molecular weight excluding hydrogens is 390 g/mol. The van der Waals surface area contributed by atoms with Crippen LogP contribution in [0.2, 0.25) is 0 Å². The fourth-order valence-electron chi connectivity index (χ4n) is 4.02. The Balaban J connectivity index is 1.21. The van der Waals surface area contributed by atoms with Gasteiger partial charge in [-0.2, -0.15) is 5.10 Å². The Bertz CT molecular complexity index is 951. The lowest BCUT2D eigenvalue weighted by Gasteiger charge is -2.38. The molecule has 0 amide bonds. The van der Waals surface area contributed by atoms with Crippen molar-refractivity contribution in [3.8, 4) is 11.6 Å². The molecule has 2 aromatic heterocycles. The second kappa shape index (κ2) is 10.3. The highest BCUT2D eigenvalue weighted by Crippen LogP contribution is 2.20. The second-order valence-electron chi connectivity index (χ2n) is 8.00. The maximum Gasteiger partial charge on any atom is 0.216 e. The predicted molar refractivity (Wildman–Crippen MR) is 122 cm³/mol. The molecule has 0 saturated carbocycles. The number of likely N-dealkylation sites (tertiary alicyclic amines) is 1. The number of H-pyrrole nitrogens is 1. The molecule has 1 fully saturated rings. The molecule has 0 aliphatic carbocycles. The Morgan fingerprint density at radius 3 is 2.87 bits per heavy atom. The first-order valence-corrected chi connectivity index (χ1v) is 10.9. The molecule has 1 saturated heterocycles. The van der Waals surface area contributed by atoms with Crippen molar-refractivity contribution in [3.63, 3.8) is 0 Å². The number of hydrogen-bond acceptors (Lipinski definition) is 5. The number of guanidine groups is 1. The van der Waals surface area contributed by atoms with Gasteiger partial charge in [-0.05, 0) is 37.5 Å². The van der Waals surface area contributed by atoms with Gasteiger partial charge in [-0.3, -0.25) is 15.0 Å². The van der Waals surface area contributed by atoms with Crippen molar-refractivity contribution in [3.05, 3.63) is 60.1 Å². The third-order valence-corrected chi connectivity index (χ3v) is 5.73. The smallest absolute Gasteiger partial charge is 0.216 e. The maximum atomic E-state index is 5.33. The number of aliphatic imine (C=N–C) groups is 1. The first-order chi connectivity index (χ1) is 15.2. The molecule has 1 aromatic carbocycles. The first-order valence-electron chi connectivity index (χ1n) is 10.9. The Morgan fingerprint density at radius 2 is 2.13 bits per heavy atom. The van der Waals surface area contributed by atoms with Crippen molar-refractivity contribution < 1.29 is 4.42 Å². The number of nitrogens with one attached hydrogen (secondary N) is 3. The highest BCUT2D eigenvalue weighted by molar-refractivity contribution is 5.79. The van der Waals surface area contributed by atoms with Gasteiger partial charge in [-0.1, -0.05) is 30.3 Å². The van der Waals surface area contributed by atoms with Crippen LogP contribution in [-0.4, -0.2) is 58.3 Å². The van der Waals surface area contributed by atoms with Crippen LogP contribution in [0.5, 0.6) is 0 Å². The van der Waals surface area contributed by atoms with Gasteiger partial charge in [0.15, 0.2) is 11.7 Å². The summed E-state index contributed by atoms with van der Waals surface area (Å²) in [5.41, 5.74) is 1.38. The summed E-state index contributed by atoms with van der Waals surface area (Å²) in [6, 6.07) is 15.3. The molecule has 4 rings (SSSR count). The quantitative estimate of drug-likeness (QED) is 0.401. The summed E-state index contributed by atoms with van der Waals surface area (Å²) in [5, 5.41) is 14.2. The summed E-state index contributed by atoms with van der Waals surface area (Å²) in [7, 11) is 1.81. The number of rotatable bonds is 7. The van der Waals surface area contributed by atoms with Gasteiger partial charge in [0, 0.05) is 45.2 Å². The van der Waals surface area contributed by atoms with Crippen LogP contribution in [0.15, 0.2) is 58.1 Å². The fourth-order valence-corrected chi connectivity index (χ4v) is 4.02. The van der Waals surface area contributed by atoms with Crippen LogP contribution in [0.4, 0.5) is 0 Å². The van der Waals surface area contributed by atoms with Crippen LogP contribution in [-0.2, 0) is 13.0 Å². The molecule has 8 nitrogen and oxygen atoms in total. The van der Waals surface area contributed by atoms with Gasteiger partial charge in [0.1, 0.15) is 5.82 Å². The Morgan fingerprint density at radius 1 is 1.26 bits per heavy atom. The van der Waals surface area contributed by atoms with Gasteiger partial charge in [-0.15, -0.1) is 0 Å². The number of aromatic nitrogens is 3. The minimum absolute atomic E-state index is 0.420. The molecular formula is C23H31N7O. The van der Waals surface area contributed by atoms with Crippen LogP contribution in [0.25, 0.3) is 11.6 Å². The standard InChI is InChI=1S/C23H31N7O/c1-17-15-19(11-13-30(17)16-18-7-4-3-5-8-18)26-23(24-2)25-12-10-21-27-22(29-28-21)20-9-6-14-31-20/h3-9,14,17,19H,10-13,15-16H2,1-2H3,(H2,24,25,26)(H,27,28,29). The third-order valence-electron chi connectivity index (χ3n) is 5.73. The van der Waals surface area contributed by atoms with E-state index in [-0.39, 0.29) is 0 Å². The van der Waals surface area contributed by atoms with Crippen molar-refractivity contribution in [1.29, 1.82) is 0 Å². The lowest BCUT2D eigenvalue weighted by Crippen LogP contribution is -2.51. The van der Waals surface area contributed by atoms with Crippen molar-refractivity contribution in [1.82, 2.24) is 30.7 Å². The highest BCUT2D eigenvalue weighted by atomic mass is 16.3. The summed E-state index contributed by atoms with van der Waals surface area (Å²) in [5.74, 6) is 2.90. The van der Waals surface area contributed by atoms with Crippen molar-refractivity contribution in [2.24, 2.45) is 4.99 Å². The van der Waals surface area contributed by atoms with E-state index in [0.717, 1.165) is 50.7 Å². The molecule has 1 aliphatic rings. The van der Waals surface area contributed by atoms with E-state index in [1.165, 1.54) is 5.56 Å². The molecule has 0 bridgehead atoms. The van der Waals surface area contributed by atoms with Gasteiger partial charge in [0.05, 0.1) is 6.26 Å². The van der Waals surface area contributed by atoms with E-state index in [9.17, 15) is 0 Å². The van der Waals surface area contributed by atoms with Crippen LogP contribution < -0.4 is 10.6 Å². The van der Waals surface area contributed by atoms with E-state index < -0.39 is 0 Å². The minimum Gasteiger partial charge on any atom is -0.461 e. The number of piperidine rings is 1. The molecule has 3 aromatic rings. The molecule has 3 N–H and O–H groups in total. The highest BCUT2D eigenvalue weighted by Gasteiger charge is 2.25. The number of nitrogens with zero attached hydrogens (tertiary/aromatic N) is 4. The summed E-state index contributed by atoms with van der Waals surface area (Å²) in [6.07, 6.45) is 4.55. The number of benzene rings is 1. The molecule has 1 aliphatic heterocycles. The monoisotopic (exact) mass is 421 g/mol. The van der Waals surface area contributed by atoms with Gasteiger partial charge in [-0.25, -0.2) is 4.98 Å². The minimum atomic E-state index is 0.420. The van der Waals surface area contributed by atoms with Crippen LogP contribution in [0, 0.1) is 0 Å². The number of aromatic amines is 1. The van der Waals surface area contributed by atoms with Crippen molar-refractivity contribution in [2.45, 2.75) is 44.8 Å². The Labute approximate surface area is 183 Å². The Kier molecular flexibility index (Phi) is 6.99. The molecule has 2 unspecified atom stereocenters. The summed E-state index contributed by atoms with van der Waals surface area (Å²) >= 11 is 0. The summed E-state index contributed by atoms with van der Waals surface area (Å²) in [6.45, 7) is 5.12. The maximum absolute atomic E-state index is 5.33. The molecule has 0 spiro atoms.